The summed E-state index contributed by atoms with van der Waals surface area (Å²) < 4.78 is 6.44. The molecule has 6 heteroatoms. The van der Waals surface area contributed by atoms with Gasteiger partial charge in [0.05, 0.1) is 12.7 Å². The summed E-state index contributed by atoms with van der Waals surface area (Å²) in [4.78, 5) is 14.2. The van der Waals surface area contributed by atoms with Gasteiger partial charge in [-0.05, 0) is 48.9 Å². The molecule has 2 heterocycles. The summed E-state index contributed by atoms with van der Waals surface area (Å²) >= 11 is 5.26. The maximum atomic E-state index is 12.8. The van der Waals surface area contributed by atoms with Gasteiger partial charge in [-0.25, -0.2) is 0 Å². The minimum atomic E-state index is -0.283. The van der Waals surface area contributed by atoms with Crippen molar-refractivity contribution in [1.82, 2.24) is 5.32 Å². The van der Waals surface area contributed by atoms with Gasteiger partial charge >= 0.3 is 0 Å². The summed E-state index contributed by atoms with van der Waals surface area (Å²) in [5.74, 6) is 1.53. The lowest BCUT2D eigenvalue weighted by Gasteiger charge is -2.28. The standard InChI is InChI=1S/C19H21BrN2O2S/c1-3-10-4-6-12-15(8-10)25-19-16(12)18(23)21-17(22-19)13-9-11(20)5-7-14(13)24-2/h5,7,9-10,17,22H,3-4,6,8H2,1-2H3,(H,21,23)/t10-,17+/m0/s1. The van der Waals surface area contributed by atoms with Gasteiger partial charge in [-0.1, -0.05) is 29.3 Å². The minimum Gasteiger partial charge on any atom is -0.496 e. The SMILES string of the molecule is CC[C@H]1CCc2c(sc3c2C(=O)N[C@@H](c2cc(Br)ccc2OC)N3)C1. The molecule has 0 spiro atoms. The Morgan fingerprint density at radius 1 is 1.36 bits per heavy atom. The number of amides is 1. The van der Waals surface area contributed by atoms with E-state index in [0.29, 0.717) is 0 Å². The Kier molecular flexibility index (Phi) is 4.50. The van der Waals surface area contributed by atoms with Gasteiger partial charge in [0.25, 0.3) is 5.91 Å². The molecule has 1 aromatic carbocycles. The third-order valence-corrected chi connectivity index (χ3v) is 6.90. The number of carbonyl (C=O) groups excluding carboxylic acids is 1. The van der Waals surface area contributed by atoms with Crippen LogP contribution in [0.15, 0.2) is 22.7 Å². The minimum absolute atomic E-state index is 0.0215. The highest BCUT2D eigenvalue weighted by Crippen LogP contribution is 2.44. The van der Waals surface area contributed by atoms with Crippen molar-refractivity contribution in [3.05, 3.63) is 44.2 Å². The van der Waals surface area contributed by atoms with Crippen molar-refractivity contribution in [1.29, 1.82) is 0 Å². The molecule has 25 heavy (non-hydrogen) atoms. The zero-order valence-corrected chi connectivity index (χ0v) is 16.7. The van der Waals surface area contributed by atoms with Crippen LogP contribution in [-0.2, 0) is 12.8 Å². The third-order valence-electron chi connectivity index (χ3n) is 5.23. The van der Waals surface area contributed by atoms with Gasteiger partial charge in [0.2, 0.25) is 0 Å². The molecule has 1 amide bonds. The first kappa shape index (κ1) is 16.9. The number of rotatable bonds is 3. The molecule has 0 fully saturated rings. The second kappa shape index (κ2) is 6.65. The van der Waals surface area contributed by atoms with Gasteiger partial charge in [0.15, 0.2) is 0 Å². The molecule has 0 unspecified atom stereocenters. The molecule has 0 radical (unpaired) electrons. The van der Waals surface area contributed by atoms with Gasteiger partial charge in [-0.15, -0.1) is 11.3 Å². The molecular formula is C19H21BrN2O2S. The van der Waals surface area contributed by atoms with Crippen LogP contribution in [0.1, 0.15) is 52.3 Å². The van der Waals surface area contributed by atoms with Crippen LogP contribution in [0, 0.1) is 5.92 Å². The normalized spacial score (nSPS) is 21.8. The van der Waals surface area contributed by atoms with E-state index >= 15 is 0 Å². The van der Waals surface area contributed by atoms with Crippen LogP contribution in [0.5, 0.6) is 5.75 Å². The topological polar surface area (TPSA) is 50.4 Å². The number of carbonyl (C=O) groups is 1. The van der Waals surface area contributed by atoms with Gasteiger partial charge in [0, 0.05) is 14.9 Å². The highest BCUT2D eigenvalue weighted by molar-refractivity contribution is 9.10. The van der Waals surface area contributed by atoms with E-state index in [-0.39, 0.29) is 12.1 Å². The molecule has 2 N–H and O–H groups in total. The number of thiophene rings is 1. The van der Waals surface area contributed by atoms with Gasteiger partial charge in [-0.3, -0.25) is 4.79 Å². The molecule has 2 aliphatic rings. The smallest absolute Gasteiger partial charge is 0.256 e. The Hall–Kier alpha value is -1.53. The molecule has 2 aromatic rings. The van der Waals surface area contributed by atoms with Crippen LogP contribution in [-0.4, -0.2) is 13.0 Å². The summed E-state index contributed by atoms with van der Waals surface area (Å²) in [6.45, 7) is 2.25. The molecule has 4 rings (SSSR count). The Labute approximate surface area is 160 Å². The lowest BCUT2D eigenvalue weighted by atomic mass is 9.85. The number of anilines is 1. The number of fused-ring (bicyclic) bond motifs is 3. The van der Waals surface area contributed by atoms with Gasteiger partial charge in [0.1, 0.15) is 16.9 Å². The molecule has 2 atom stereocenters. The van der Waals surface area contributed by atoms with E-state index in [1.807, 2.05) is 18.2 Å². The first-order valence-corrected chi connectivity index (χ1v) is 10.3. The maximum Gasteiger partial charge on any atom is 0.256 e. The lowest BCUT2D eigenvalue weighted by molar-refractivity contribution is 0.0934. The van der Waals surface area contributed by atoms with Crippen LogP contribution < -0.4 is 15.4 Å². The molecule has 1 aliphatic carbocycles. The summed E-state index contributed by atoms with van der Waals surface area (Å²) in [5, 5.41) is 7.63. The maximum absolute atomic E-state index is 12.8. The van der Waals surface area contributed by atoms with Crippen molar-refractivity contribution in [2.45, 2.75) is 38.8 Å². The third kappa shape index (κ3) is 2.95. The molecule has 1 aliphatic heterocycles. The zero-order valence-electron chi connectivity index (χ0n) is 14.3. The van der Waals surface area contributed by atoms with E-state index < -0.39 is 0 Å². The van der Waals surface area contributed by atoms with Crippen LogP contribution in [0.2, 0.25) is 0 Å². The van der Waals surface area contributed by atoms with Crippen molar-refractivity contribution >= 4 is 38.2 Å². The second-order valence-electron chi connectivity index (χ2n) is 6.66. The number of ether oxygens (including phenoxy) is 1. The van der Waals surface area contributed by atoms with E-state index in [4.69, 9.17) is 4.74 Å². The quantitative estimate of drug-likeness (QED) is 0.742. The van der Waals surface area contributed by atoms with E-state index in [1.54, 1.807) is 18.4 Å². The van der Waals surface area contributed by atoms with Crippen molar-refractivity contribution < 1.29 is 9.53 Å². The van der Waals surface area contributed by atoms with E-state index in [0.717, 1.165) is 45.1 Å². The Bertz CT molecular complexity index is 833. The van der Waals surface area contributed by atoms with E-state index in [9.17, 15) is 4.79 Å². The Morgan fingerprint density at radius 3 is 2.96 bits per heavy atom. The molecule has 132 valence electrons. The van der Waals surface area contributed by atoms with Crippen molar-refractivity contribution in [3.63, 3.8) is 0 Å². The van der Waals surface area contributed by atoms with Gasteiger partial charge in [-0.2, -0.15) is 0 Å². The zero-order chi connectivity index (χ0) is 17.6. The molecule has 0 bridgehead atoms. The molecule has 1 aromatic heterocycles. The highest BCUT2D eigenvalue weighted by atomic mass is 79.9. The summed E-state index contributed by atoms with van der Waals surface area (Å²) in [5.41, 5.74) is 3.04. The average molecular weight is 421 g/mol. The Balaban J connectivity index is 1.70. The first-order valence-electron chi connectivity index (χ1n) is 8.66. The fourth-order valence-corrected chi connectivity index (χ4v) is 5.57. The van der Waals surface area contributed by atoms with Crippen molar-refractivity contribution in [3.8, 4) is 5.75 Å². The fraction of sp³-hybridized carbons (Fsp3) is 0.421. The van der Waals surface area contributed by atoms with E-state index in [2.05, 4.69) is 33.5 Å². The van der Waals surface area contributed by atoms with Crippen LogP contribution in [0.4, 0.5) is 5.00 Å². The molecule has 4 nitrogen and oxygen atoms in total. The lowest BCUT2D eigenvalue weighted by Crippen LogP contribution is -2.38. The number of methoxy groups -OCH3 is 1. The number of hydrogen-bond acceptors (Lipinski definition) is 4. The largest absolute Gasteiger partial charge is 0.496 e. The van der Waals surface area contributed by atoms with Crippen LogP contribution >= 0.6 is 27.3 Å². The molecule has 0 saturated carbocycles. The molecular weight excluding hydrogens is 400 g/mol. The molecule has 0 saturated heterocycles. The monoisotopic (exact) mass is 420 g/mol. The van der Waals surface area contributed by atoms with Crippen molar-refractivity contribution in [2.75, 3.05) is 12.4 Å². The van der Waals surface area contributed by atoms with Crippen LogP contribution in [0.25, 0.3) is 0 Å². The number of hydrogen-bond donors (Lipinski definition) is 2. The Morgan fingerprint density at radius 2 is 2.20 bits per heavy atom. The average Bonchev–Trinajstić information content (AvgIpc) is 2.99. The van der Waals surface area contributed by atoms with E-state index in [1.165, 1.54) is 23.3 Å². The predicted octanol–water partition coefficient (Wildman–Crippen LogP) is 4.89. The second-order valence-corrected chi connectivity index (χ2v) is 8.68. The summed E-state index contributed by atoms with van der Waals surface area (Å²) in [6, 6.07) is 5.84. The fourth-order valence-electron chi connectivity index (χ4n) is 3.80. The van der Waals surface area contributed by atoms with Crippen molar-refractivity contribution in [2.24, 2.45) is 5.92 Å². The summed E-state index contributed by atoms with van der Waals surface area (Å²) in [7, 11) is 1.65. The van der Waals surface area contributed by atoms with Gasteiger partial charge < -0.3 is 15.4 Å². The number of halogens is 1. The highest BCUT2D eigenvalue weighted by Gasteiger charge is 2.34. The predicted molar refractivity (Wildman–Crippen MR) is 105 cm³/mol. The summed E-state index contributed by atoms with van der Waals surface area (Å²) in [6.07, 6.45) is 4.22. The first-order chi connectivity index (χ1) is 12.1. The number of benzene rings is 1. The number of nitrogens with one attached hydrogen (secondary N) is 2. The van der Waals surface area contributed by atoms with Crippen LogP contribution in [0.3, 0.4) is 0 Å².